The molecule has 0 saturated heterocycles. The predicted octanol–water partition coefficient (Wildman–Crippen LogP) is 2.19. The lowest BCUT2D eigenvalue weighted by Gasteiger charge is -2.86. The summed E-state index contributed by atoms with van der Waals surface area (Å²) in [6, 6.07) is 0. The summed E-state index contributed by atoms with van der Waals surface area (Å²) in [5.74, 6) is 5.17. The number of hydrogen-bond donors (Lipinski definition) is 2. The van der Waals surface area contributed by atoms with Gasteiger partial charge in [-0.05, 0) is 97.7 Å². The van der Waals surface area contributed by atoms with Gasteiger partial charge in [0, 0.05) is 0 Å². The Hall–Kier alpha value is -0.0800. The molecule has 10 aliphatic carbocycles. The molecule has 0 unspecified atom stereocenters. The topological polar surface area (TPSA) is 40.5 Å². The molecule has 0 aliphatic heterocycles. The summed E-state index contributed by atoms with van der Waals surface area (Å²) in [5, 5.41) is 23.2. The molecule has 10 rings (SSSR count). The van der Waals surface area contributed by atoms with E-state index >= 15 is 0 Å². The molecule has 20 heavy (non-hydrogen) atoms. The molecular weight excluding hydrogens is 248 g/mol. The molecule has 11 bridgehead atoms. The molecule has 2 N–H and O–H groups in total. The molecule has 0 amide bonds. The lowest BCUT2D eigenvalue weighted by atomic mass is 9.20. The van der Waals surface area contributed by atoms with Crippen molar-refractivity contribution in [2.75, 3.05) is 0 Å². The first kappa shape index (κ1) is 10.6. The van der Waals surface area contributed by atoms with Crippen molar-refractivity contribution in [1.29, 1.82) is 0 Å². The molecule has 10 aliphatic rings. The Morgan fingerprint density at radius 3 is 1.65 bits per heavy atom. The molecule has 2 heteroatoms. The van der Waals surface area contributed by atoms with E-state index in [4.69, 9.17) is 0 Å². The minimum Gasteiger partial charge on any atom is -0.389 e. The molecular formula is C18H24O2. The number of aliphatic hydroxyl groups is 2. The second-order valence-electron chi connectivity index (χ2n) is 9.97. The zero-order chi connectivity index (χ0) is 13.1. The molecule has 10 atom stereocenters. The fourth-order valence-electron chi connectivity index (χ4n) is 10.5. The van der Waals surface area contributed by atoms with Gasteiger partial charge in [-0.1, -0.05) is 0 Å². The zero-order valence-corrected chi connectivity index (χ0v) is 12.0. The molecule has 0 aromatic rings. The van der Waals surface area contributed by atoms with Crippen LogP contribution in [0.25, 0.3) is 0 Å². The van der Waals surface area contributed by atoms with Crippen LogP contribution in [0.3, 0.4) is 0 Å². The Kier molecular flexibility index (Phi) is 1.35. The Morgan fingerprint density at radius 1 is 0.650 bits per heavy atom. The largest absolute Gasteiger partial charge is 0.389 e. The van der Waals surface area contributed by atoms with Gasteiger partial charge >= 0.3 is 0 Å². The van der Waals surface area contributed by atoms with Crippen LogP contribution in [0.1, 0.15) is 44.9 Å². The average molecular weight is 272 g/mol. The molecule has 108 valence electrons. The molecule has 0 aromatic heterocycles. The van der Waals surface area contributed by atoms with Crippen molar-refractivity contribution in [1.82, 2.24) is 0 Å². The second kappa shape index (κ2) is 2.54. The Balaban J connectivity index is 1.59. The molecule has 10 fully saturated rings. The highest BCUT2D eigenvalue weighted by Crippen LogP contribution is 2.86. The zero-order valence-electron chi connectivity index (χ0n) is 12.0. The maximum Gasteiger partial charge on any atom is 0.0717 e. The highest BCUT2D eigenvalue weighted by molar-refractivity contribution is 5.34. The van der Waals surface area contributed by atoms with E-state index in [1.807, 2.05) is 0 Å². The van der Waals surface area contributed by atoms with Crippen molar-refractivity contribution in [3.63, 3.8) is 0 Å². The van der Waals surface area contributed by atoms with E-state index < -0.39 is 0 Å². The smallest absolute Gasteiger partial charge is 0.0717 e. The van der Waals surface area contributed by atoms with E-state index in [1.165, 1.54) is 25.7 Å². The quantitative estimate of drug-likeness (QED) is 0.709. The minimum atomic E-state index is -0.312. The summed E-state index contributed by atoms with van der Waals surface area (Å²) >= 11 is 0. The van der Waals surface area contributed by atoms with Crippen molar-refractivity contribution >= 4 is 0 Å². The van der Waals surface area contributed by atoms with Gasteiger partial charge in [-0.3, -0.25) is 0 Å². The van der Waals surface area contributed by atoms with Gasteiger partial charge in [-0.2, -0.15) is 0 Å². The van der Waals surface area contributed by atoms with Crippen LogP contribution in [0.4, 0.5) is 0 Å². The maximum absolute atomic E-state index is 11.6. The Morgan fingerprint density at radius 2 is 1.15 bits per heavy atom. The summed E-state index contributed by atoms with van der Waals surface area (Å²) in [6.07, 6.45) is 8.75. The normalized spacial score (nSPS) is 80.7. The van der Waals surface area contributed by atoms with E-state index in [2.05, 4.69) is 0 Å². The molecule has 0 radical (unpaired) electrons. The summed E-state index contributed by atoms with van der Waals surface area (Å²) in [4.78, 5) is 0. The van der Waals surface area contributed by atoms with Gasteiger partial charge in [-0.25, -0.2) is 0 Å². The third kappa shape index (κ3) is 0.728. The SMILES string of the molecule is O[C@@]12C[C@H]3C[C@H]4[C@H]1C[C@@H]1[C@@H]5C[C@H]6CC(C3)([C@H]52)[C@H]4[C@]1(O)C6. The van der Waals surface area contributed by atoms with Crippen LogP contribution in [0.15, 0.2) is 0 Å². The molecule has 0 aromatic carbocycles. The lowest BCUT2D eigenvalue weighted by Crippen LogP contribution is -2.87. The van der Waals surface area contributed by atoms with Gasteiger partial charge in [0.2, 0.25) is 0 Å². The number of rotatable bonds is 0. The standard InChI is InChI=1S/C18H24O2/c19-17-6-8-1-10-12(17)3-13-11-2-9-5-16(4-8,15(11)17)14(10)18(13,20)7-9/h8-15,19-20H,1-7H2/t8-,9-,10-,11-,12+,13+,14-,15-,16?,17-,18-/m0/s1. The van der Waals surface area contributed by atoms with Gasteiger partial charge in [-0.15, -0.1) is 0 Å². The maximum atomic E-state index is 11.6. The summed E-state index contributed by atoms with van der Waals surface area (Å²) in [5.41, 5.74) is -0.255. The molecule has 0 heterocycles. The van der Waals surface area contributed by atoms with Crippen LogP contribution < -0.4 is 0 Å². The van der Waals surface area contributed by atoms with E-state index in [-0.39, 0.29) is 11.2 Å². The first-order valence-corrected chi connectivity index (χ1v) is 9.01. The Bertz CT molecular complexity index is 510. The van der Waals surface area contributed by atoms with Gasteiger partial charge in [0.1, 0.15) is 0 Å². The van der Waals surface area contributed by atoms with Gasteiger partial charge < -0.3 is 10.2 Å². The summed E-state index contributed by atoms with van der Waals surface area (Å²) in [7, 11) is 0. The first-order valence-electron chi connectivity index (χ1n) is 9.01. The van der Waals surface area contributed by atoms with Crippen molar-refractivity contribution in [3.8, 4) is 0 Å². The van der Waals surface area contributed by atoms with Crippen LogP contribution in [0.5, 0.6) is 0 Å². The van der Waals surface area contributed by atoms with Crippen molar-refractivity contribution < 1.29 is 10.2 Å². The summed E-state index contributed by atoms with van der Waals surface area (Å²) < 4.78 is 0. The molecule has 1 spiro atoms. The van der Waals surface area contributed by atoms with Crippen LogP contribution in [-0.2, 0) is 0 Å². The predicted molar refractivity (Wildman–Crippen MR) is 72.6 cm³/mol. The fourth-order valence-corrected chi connectivity index (χ4v) is 10.5. The third-order valence-corrected chi connectivity index (χ3v) is 9.78. The van der Waals surface area contributed by atoms with E-state index in [0.29, 0.717) is 40.9 Å². The number of hydrogen-bond acceptors (Lipinski definition) is 2. The van der Waals surface area contributed by atoms with Crippen LogP contribution in [-0.4, -0.2) is 21.4 Å². The van der Waals surface area contributed by atoms with E-state index in [0.717, 1.165) is 31.1 Å². The highest BCUT2D eigenvalue weighted by atomic mass is 16.3. The average Bonchev–Trinajstić information content (AvgIpc) is 2.33. The van der Waals surface area contributed by atoms with Gasteiger partial charge in [0.25, 0.3) is 0 Å². The second-order valence-corrected chi connectivity index (χ2v) is 9.97. The van der Waals surface area contributed by atoms with Crippen LogP contribution in [0, 0.1) is 52.8 Å². The first-order chi connectivity index (χ1) is 9.56. The Labute approximate surface area is 119 Å². The van der Waals surface area contributed by atoms with Crippen molar-refractivity contribution in [2.45, 2.75) is 56.1 Å². The van der Waals surface area contributed by atoms with E-state index in [1.54, 1.807) is 0 Å². The summed E-state index contributed by atoms with van der Waals surface area (Å²) in [6.45, 7) is 0. The van der Waals surface area contributed by atoms with Gasteiger partial charge in [0.15, 0.2) is 0 Å². The third-order valence-electron chi connectivity index (χ3n) is 9.78. The van der Waals surface area contributed by atoms with Crippen molar-refractivity contribution in [3.05, 3.63) is 0 Å². The van der Waals surface area contributed by atoms with Gasteiger partial charge in [0.05, 0.1) is 11.2 Å². The molecule has 2 nitrogen and oxygen atoms in total. The fraction of sp³-hybridized carbons (Fsp3) is 1.00. The van der Waals surface area contributed by atoms with Crippen molar-refractivity contribution in [2.24, 2.45) is 52.8 Å². The van der Waals surface area contributed by atoms with Crippen LogP contribution >= 0.6 is 0 Å². The minimum absolute atomic E-state index is 0.312. The molecule has 10 saturated carbocycles. The highest BCUT2D eigenvalue weighted by Gasteiger charge is 2.85. The van der Waals surface area contributed by atoms with Crippen LogP contribution in [0.2, 0.25) is 0 Å². The monoisotopic (exact) mass is 272 g/mol. The lowest BCUT2D eigenvalue weighted by molar-refractivity contribution is -0.428. The van der Waals surface area contributed by atoms with E-state index in [9.17, 15) is 10.2 Å².